The quantitative estimate of drug-likeness (QED) is 0.293. The molecule has 148 valence electrons. The Balaban J connectivity index is 0.000000200. The van der Waals surface area contributed by atoms with Crippen LogP contribution >= 0.6 is 0 Å². The summed E-state index contributed by atoms with van der Waals surface area (Å²) >= 11 is 0. The number of aromatic amines is 4. The minimum Gasteiger partial charge on any atom is -0.360 e. The molecule has 0 bridgehead atoms. The molecule has 0 aliphatic heterocycles. The van der Waals surface area contributed by atoms with E-state index in [1.54, 1.807) is 24.8 Å². The molecule has 0 unspecified atom stereocenters. The molecule has 4 rings (SSSR count). The summed E-state index contributed by atoms with van der Waals surface area (Å²) in [7, 11) is 0. The number of hydrogen-bond acceptors (Lipinski definition) is 4. The Morgan fingerprint density at radius 3 is 0.793 bits per heavy atom. The Morgan fingerprint density at radius 1 is 0.414 bits per heavy atom. The van der Waals surface area contributed by atoms with Gasteiger partial charge < -0.3 is 19.9 Å². The van der Waals surface area contributed by atoms with E-state index in [4.69, 9.17) is 0 Å². The smallest absolute Gasteiger partial charge is 0.182 e. The van der Waals surface area contributed by atoms with Crippen molar-refractivity contribution in [3.8, 4) is 22.8 Å². The molecule has 0 aromatic carbocycles. The molecule has 9 heteroatoms. The first-order valence-electron chi connectivity index (χ1n) is 8.27. The van der Waals surface area contributed by atoms with E-state index >= 15 is 0 Å². The number of nitrogens with one attached hydrogen (secondary N) is 4. The van der Waals surface area contributed by atoms with Crippen molar-refractivity contribution in [1.82, 2.24) is 19.9 Å². The number of H-pyrrole nitrogens is 4. The Morgan fingerprint density at radius 2 is 0.621 bits per heavy atom. The van der Waals surface area contributed by atoms with E-state index in [0.717, 1.165) is 0 Å². The predicted molar refractivity (Wildman–Crippen MR) is 106 cm³/mol. The fourth-order valence-electron chi connectivity index (χ4n) is 2.40. The third-order valence-corrected chi connectivity index (χ3v) is 3.67. The molecule has 0 atom stereocenters. The van der Waals surface area contributed by atoms with Crippen LogP contribution in [0.15, 0.2) is 92.5 Å². The van der Waals surface area contributed by atoms with E-state index in [0.29, 0.717) is 22.8 Å². The van der Waals surface area contributed by atoms with Gasteiger partial charge in [0.25, 0.3) is 0 Å². The maximum atomic E-state index is 11.0. The third-order valence-electron chi connectivity index (χ3n) is 3.67. The van der Waals surface area contributed by atoms with Crippen LogP contribution in [-0.4, -0.2) is 19.9 Å². The molecule has 0 radical (unpaired) electrons. The number of hydrogen-bond donors (Lipinski definition) is 4. The van der Waals surface area contributed by atoms with Crippen molar-refractivity contribution in [1.29, 1.82) is 0 Å². The van der Waals surface area contributed by atoms with Crippen LogP contribution in [0, 0.1) is 0 Å². The van der Waals surface area contributed by atoms with Crippen LogP contribution in [0.1, 0.15) is 0 Å². The summed E-state index contributed by atoms with van der Waals surface area (Å²) in [5.41, 5.74) is 2.05. The Bertz CT molecular complexity index is 1110. The van der Waals surface area contributed by atoms with Crippen LogP contribution in [0.4, 0.5) is 0 Å². The summed E-state index contributed by atoms with van der Waals surface area (Å²) in [6, 6.07) is 11.4. The Labute approximate surface area is 176 Å². The predicted octanol–water partition coefficient (Wildman–Crippen LogP) is 1.46. The Kier molecular flexibility index (Phi) is 7.58. The standard InChI is InChI=1S/2C10H8N2O2.Os/c2*13-7-1-3-11-9(5-7)10-6-8(14)2-4-12-10;/h2*1-6H,(H,11,13)(H,12,14);. The molecular weight excluding hydrogens is 550 g/mol. The Hall–Kier alpha value is -3.56. The van der Waals surface area contributed by atoms with Crippen molar-refractivity contribution in [2.75, 3.05) is 0 Å². The second-order valence-corrected chi connectivity index (χ2v) is 5.75. The molecule has 0 saturated heterocycles. The topological polar surface area (TPSA) is 131 Å². The van der Waals surface area contributed by atoms with Gasteiger partial charge >= 0.3 is 0 Å². The number of pyridine rings is 4. The largest absolute Gasteiger partial charge is 0.360 e. The van der Waals surface area contributed by atoms with E-state index in [1.807, 2.05) is 0 Å². The van der Waals surface area contributed by atoms with Crippen LogP contribution in [0.3, 0.4) is 0 Å². The fourth-order valence-corrected chi connectivity index (χ4v) is 2.40. The van der Waals surface area contributed by atoms with Gasteiger partial charge in [-0.3, -0.25) is 19.2 Å². The molecule has 0 fully saturated rings. The number of rotatable bonds is 2. The van der Waals surface area contributed by atoms with Crippen molar-refractivity contribution in [2.45, 2.75) is 0 Å². The molecule has 29 heavy (non-hydrogen) atoms. The van der Waals surface area contributed by atoms with Gasteiger partial charge in [-0.2, -0.15) is 0 Å². The summed E-state index contributed by atoms with van der Waals surface area (Å²) in [5, 5.41) is 0. The summed E-state index contributed by atoms with van der Waals surface area (Å²) in [5.74, 6) is 0. The van der Waals surface area contributed by atoms with Crippen molar-refractivity contribution < 1.29 is 19.8 Å². The zero-order chi connectivity index (χ0) is 19.9. The van der Waals surface area contributed by atoms with Crippen LogP contribution in [-0.2, 0) is 19.8 Å². The maximum Gasteiger partial charge on any atom is 0.182 e. The summed E-state index contributed by atoms with van der Waals surface area (Å²) in [4.78, 5) is 55.7. The molecule has 4 heterocycles. The van der Waals surface area contributed by atoms with Crippen LogP contribution in [0.25, 0.3) is 22.8 Å². The first-order chi connectivity index (χ1) is 13.5. The average Bonchev–Trinajstić information content (AvgIpc) is 2.69. The van der Waals surface area contributed by atoms with Crippen molar-refractivity contribution in [2.24, 2.45) is 0 Å². The van der Waals surface area contributed by atoms with Crippen molar-refractivity contribution in [3.05, 3.63) is 114 Å². The molecule has 0 saturated carbocycles. The van der Waals surface area contributed by atoms with Crippen LogP contribution in [0.2, 0.25) is 0 Å². The van der Waals surface area contributed by atoms with E-state index in [1.165, 1.54) is 48.5 Å². The first kappa shape index (κ1) is 21.7. The van der Waals surface area contributed by atoms with Gasteiger partial charge in [-0.25, -0.2) is 0 Å². The van der Waals surface area contributed by atoms with Crippen LogP contribution < -0.4 is 21.7 Å². The molecule has 0 amide bonds. The van der Waals surface area contributed by atoms with E-state index in [9.17, 15) is 19.2 Å². The zero-order valence-corrected chi connectivity index (χ0v) is 17.5. The fraction of sp³-hybridized carbons (Fsp3) is 0. The molecule has 4 N–H and O–H groups in total. The molecule has 4 aromatic heterocycles. The SMILES string of the molecule is O=c1cc[nH]c(-c2cc(=O)cc[nH]2)c1.O=c1cc[nH]c(-c2cc(=O)cc[nH]2)c1.[Os]. The molecule has 8 nitrogen and oxygen atoms in total. The summed E-state index contributed by atoms with van der Waals surface area (Å²) in [6.07, 6.45) is 6.18. The molecule has 0 aliphatic carbocycles. The molecule has 0 aliphatic rings. The third kappa shape index (κ3) is 6.23. The van der Waals surface area contributed by atoms with Gasteiger partial charge in [0.1, 0.15) is 0 Å². The normalized spacial score (nSPS) is 9.66. The van der Waals surface area contributed by atoms with Gasteiger partial charge in [0.2, 0.25) is 0 Å². The van der Waals surface area contributed by atoms with Gasteiger partial charge in [-0.1, -0.05) is 0 Å². The molecule has 4 aromatic rings. The summed E-state index contributed by atoms with van der Waals surface area (Å²) < 4.78 is 0. The van der Waals surface area contributed by atoms with E-state index in [2.05, 4.69) is 19.9 Å². The van der Waals surface area contributed by atoms with Gasteiger partial charge in [-0.15, -0.1) is 0 Å². The van der Waals surface area contributed by atoms with Crippen molar-refractivity contribution in [3.63, 3.8) is 0 Å². The van der Waals surface area contributed by atoms with Gasteiger partial charge in [0, 0.05) is 93.1 Å². The molecule has 0 spiro atoms. The number of aromatic nitrogens is 4. The first-order valence-corrected chi connectivity index (χ1v) is 8.27. The second-order valence-electron chi connectivity index (χ2n) is 5.75. The van der Waals surface area contributed by atoms with Crippen molar-refractivity contribution >= 4 is 0 Å². The van der Waals surface area contributed by atoms with E-state index in [-0.39, 0.29) is 41.5 Å². The van der Waals surface area contributed by atoms with Gasteiger partial charge in [-0.05, 0) is 0 Å². The average molecular weight is 567 g/mol. The molecular formula is C20H16N4O4Os. The minimum absolute atomic E-state index is 0. The monoisotopic (exact) mass is 568 g/mol. The zero-order valence-electron chi connectivity index (χ0n) is 14.9. The van der Waals surface area contributed by atoms with Gasteiger partial charge in [0.15, 0.2) is 21.7 Å². The second kappa shape index (κ2) is 10.1. The maximum absolute atomic E-state index is 11.0. The summed E-state index contributed by atoms with van der Waals surface area (Å²) in [6.45, 7) is 0. The minimum atomic E-state index is -0.0940. The van der Waals surface area contributed by atoms with Crippen LogP contribution in [0.5, 0.6) is 0 Å². The van der Waals surface area contributed by atoms with Gasteiger partial charge in [0.05, 0.1) is 22.8 Å². The van der Waals surface area contributed by atoms with E-state index < -0.39 is 0 Å².